The fourth-order valence-corrected chi connectivity index (χ4v) is 1.23. The first-order chi connectivity index (χ1) is 8.38. The maximum absolute atomic E-state index is 12.5. The van der Waals surface area contributed by atoms with E-state index in [9.17, 15) is 13.2 Å². The van der Waals surface area contributed by atoms with Gasteiger partial charge in [0.2, 0.25) is 5.88 Å². The fraction of sp³-hybridized carbons (Fsp3) is 0.455. The molecule has 1 unspecified atom stereocenters. The van der Waals surface area contributed by atoms with Crippen LogP contribution in [0, 0.1) is 11.3 Å². The van der Waals surface area contributed by atoms with Crippen LogP contribution in [0.3, 0.4) is 0 Å². The molecule has 0 aromatic carbocycles. The molecule has 0 aliphatic carbocycles. The molecule has 0 fully saturated rings. The van der Waals surface area contributed by atoms with Gasteiger partial charge < -0.3 is 9.47 Å². The number of pyridine rings is 1. The molecular weight excluding hydrogens is 249 g/mol. The third kappa shape index (κ3) is 3.60. The fourth-order valence-electron chi connectivity index (χ4n) is 1.23. The molecule has 1 aromatic heterocycles. The van der Waals surface area contributed by atoms with Crippen molar-refractivity contribution in [3.8, 4) is 11.9 Å². The van der Waals surface area contributed by atoms with Crippen molar-refractivity contribution in [2.45, 2.75) is 19.2 Å². The smallest absolute Gasteiger partial charge is 0.433 e. The van der Waals surface area contributed by atoms with Gasteiger partial charge >= 0.3 is 6.18 Å². The lowest BCUT2D eigenvalue weighted by atomic mass is 10.2. The first kappa shape index (κ1) is 14.3. The lowest BCUT2D eigenvalue weighted by Gasteiger charge is -2.15. The van der Waals surface area contributed by atoms with E-state index in [1.165, 1.54) is 7.11 Å². The molecule has 18 heavy (non-hydrogen) atoms. The highest BCUT2D eigenvalue weighted by Gasteiger charge is 2.33. The number of nitrogens with zero attached hydrogens (tertiary/aromatic N) is 2. The van der Waals surface area contributed by atoms with Crippen molar-refractivity contribution < 1.29 is 22.6 Å². The Morgan fingerprint density at radius 1 is 1.44 bits per heavy atom. The zero-order valence-electron chi connectivity index (χ0n) is 9.78. The summed E-state index contributed by atoms with van der Waals surface area (Å²) < 4.78 is 47.3. The molecule has 0 aliphatic heterocycles. The second kappa shape index (κ2) is 5.69. The van der Waals surface area contributed by atoms with E-state index >= 15 is 0 Å². The molecule has 7 heteroatoms. The van der Waals surface area contributed by atoms with E-state index in [4.69, 9.17) is 14.7 Å². The molecule has 0 bridgehead atoms. The highest BCUT2D eigenvalue weighted by atomic mass is 19.4. The van der Waals surface area contributed by atoms with Crippen LogP contribution in [-0.4, -0.2) is 24.8 Å². The SMILES string of the molecule is COCC(C)Oc1nc(C(F)(F)F)ccc1C#N. The van der Waals surface area contributed by atoms with Crippen molar-refractivity contribution in [1.29, 1.82) is 5.26 Å². The zero-order chi connectivity index (χ0) is 13.8. The summed E-state index contributed by atoms with van der Waals surface area (Å²) in [6.45, 7) is 1.79. The summed E-state index contributed by atoms with van der Waals surface area (Å²) in [6, 6.07) is 3.50. The van der Waals surface area contributed by atoms with Crippen LogP contribution in [0.2, 0.25) is 0 Å². The Labute approximate surface area is 102 Å². The molecule has 0 N–H and O–H groups in total. The number of alkyl halides is 3. The van der Waals surface area contributed by atoms with Gasteiger partial charge in [-0.25, -0.2) is 4.98 Å². The average Bonchev–Trinajstić information content (AvgIpc) is 2.28. The molecule has 1 atom stereocenters. The van der Waals surface area contributed by atoms with E-state index in [-0.39, 0.29) is 18.1 Å². The van der Waals surface area contributed by atoms with Gasteiger partial charge in [0.1, 0.15) is 23.4 Å². The summed E-state index contributed by atoms with van der Waals surface area (Å²) in [5.74, 6) is -0.336. The molecular formula is C11H11F3N2O2. The van der Waals surface area contributed by atoms with E-state index in [0.29, 0.717) is 0 Å². The van der Waals surface area contributed by atoms with Gasteiger partial charge in [0.15, 0.2) is 0 Å². The van der Waals surface area contributed by atoms with Crippen molar-refractivity contribution in [3.63, 3.8) is 0 Å². The van der Waals surface area contributed by atoms with Gasteiger partial charge in [0, 0.05) is 7.11 Å². The number of nitriles is 1. The van der Waals surface area contributed by atoms with Crippen LogP contribution in [-0.2, 0) is 10.9 Å². The van der Waals surface area contributed by atoms with E-state index in [2.05, 4.69) is 4.98 Å². The number of hydrogen-bond donors (Lipinski definition) is 0. The van der Waals surface area contributed by atoms with Crippen molar-refractivity contribution in [2.24, 2.45) is 0 Å². The number of halogens is 3. The Hall–Kier alpha value is -1.81. The molecule has 1 rings (SSSR count). The molecule has 0 radical (unpaired) electrons. The topological polar surface area (TPSA) is 55.1 Å². The van der Waals surface area contributed by atoms with E-state index < -0.39 is 18.0 Å². The minimum absolute atomic E-state index is 0.0500. The predicted octanol–water partition coefficient (Wildman–Crippen LogP) is 2.39. The third-order valence-electron chi connectivity index (χ3n) is 1.99. The predicted molar refractivity (Wildman–Crippen MR) is 55.9 cm³/mol. The second-order valence-electron chi connectivity index (χ2n) is 3.54. The van der Waals surface area contributed by atoms with Crippen molar-refractivity contribution >= 4 is 0 Å². The minimum atomic E-state index is -4.57. The van der Waals surface area contributed by atoms with E-state index in [0.717, 1.165) is 12.1 Å². The van der Waals surface area contributed by atoms with Gasteiger partial charge in [-0.2, -0.15) is 18.4 Å². The van der Waals surface area contributed by atoms with Crippen LogP contribution in [0.4, 0.5) is 13.2 Å². The van der Waals surface area contributed by atoms with Crippen LogP contribution in [0.25, 0.3) is 0 Å². The van der Waals surface area contributed by atoms with Gasteiger partial charge in [-0.05, 0) is 19.1 Å². The first-order valence-electron chi connectivity index (χ1n) is 5.02. The largest absolute Gasteiger partial charge is 0.471 e. The Balaban J connectivity index is 3.04. The summed E-state index contributed by atoms with van der Waals surface area (Å²) in [7, 11) is 1.44. The third-order valence-corrected chi connectivity index (χ3v) is 1.99. The first-order valence-corrected chi connectivity index (χ1v) is 5.02. The van der Waals surface area contributed by atoms with Gasteiger partial charge in [-0.15, -0.1) is 0 Å². The normalized spacial score (nSPS) is 12.9. The summed E-state index contributed by atoms with van der Waals surface area (Å²) in [5.41, 5.74) is -1.15. The van der Waals surface area contributed by atoms with Crippen LogP contribution in [0.15, 0.2) is 12.1 Å². The summed E-state index contributed by atoms with van der Waals surface area (Å²) in [4.78, 5) is 3.31. The number of rotatable bonds is 4. The number of aromatic nitrogens is 1. The van der Waals surface area contributed by atoms with E-state index in [1.807, 2.05) is 0 Å². The molecule has 0 spiro atoms. The highest BCUT2D eigenvalue weighted by molar-refractivity contribution is 5.39. The summed E-state index contributed by atoms with van der Waals surface area (Å²) in [6.07, 6.45) is -5.07. The summed E-state index contributed by atoms with van der Waals surface area (Å²) in [5, 5.41) is 8.77. The Morgan fingerprint density at radius 3 is 2.61 bits per heavy atom. The number of ether oxygens (including phenoxy) is 2. The maximum Gasteiger partial charge on any atom is 0.433 e. The van der Waals surface area contributed by atoms with Crippen LogP contribution < -0.4 is 4.74 Å². The zero-order valence-corrected chi connectivity index (χ0v) is 9.78. The number of methoxy groups -OCH3 is 1. The molecule has 1 heterocycles. The summed E-state index contributed by atoms with van der Waals surface area (Å²) >= 11 is 0. The minimum Gasteiger partial charge on any atom is -0.471 e. The van der Waals surface area contributed by atoms with Gasteiger partial charge in [-0.1, -0.05) is 0 Å². The lowest BCUT2D eigenvalue weighted by molar-refractivity contribution is -0.141. The van der Waals surface area contributed by atoms with Crippen LogP contribution in [0.5, 0.6) is 5.88 Å². The molecule has 0 amide bonds. The van der Waals surface area contributed by atoms with Gasteiger partial charge in [0.25, 0.3) is 0 Å². The Morgan fingerprint density at radius 2 is 2.11 bits per heavy atom. The maximum atomic E-state index is 12.5. The van der Waals surface area contributed by atoms with Crippen molar-refractivity contribution in [3.05, 3.63) is 23.4 Å². The number of hydrogen-bond acceptors (Lipinski definition) is 4. The average molecular weight is 260 g/mol. The van der Waals surface area contributed by atoms with Gasteiger partial charge in [0.05, 0.1) is 6.61 Å². The quantitative estimate of drug-likeness (QED) is 0.834. The van der Waals surface area contributed by atoms with Crippen molar-refractivity contribution in [1.82, 2.24) is 4.98 Å². The molecule has 98 valence electrons. The Bertz CT molecular complexity index is 455. The molecule has 1 aromatic rings. The van der Waals surface area contributed by atoms with Gasteiger partial charge in [-0.3, -0.25) is 0 Å². The Kier molecular flexibility index (Phi) is 4.50. The van der Waals surface area contributed by atoms with Crippen LogP contribution >= 0.6 is 0 Å². The molecule has 4 nitrogen and oxygen atoms in total. The molecule has 0 aliphatic rings. The van der Waals surface area contributed by atoms with E-state index in [1.54, 1.807) is 13.0 Å². The molecule has 0 saturated carbocycles. The monoisotopic (exact) mass is 260 g/mol. The highest BCUT2D eigenvalue weighted by Crippen LogP contribution is 2.30. The standard InChI is InChI=1S/C11H11F3N2O2/c1-7(6-17-2)18-10-8(5-15)3-4-9(16-10)11(12,13)14/h3-4,7H,6H2,1-2H3. The molecule has 0 saturated heterocycles. The van der Waals surface area contributed by atoms with Crippen molar-refractivity contribution in [2.75, 3.05) is 13.7 Å². The second-order valence-corrected chi connectivity index (χ2v) is 3.54. The van der Waals surface area contributed by atoms with Crippen LogP contribution in [0.1, 0.15) is 18.2 Å². The lowest BCUT2D eigenvalue weighted by Crippen LogP contribution is -2.20.